The minimum absolute atomic E-state index is 0.297. The molecule has 0 amide bonds. The standard InChI is InChI=1S/C20H26N4O3/c1-2-3-8-27-20(26)16-9-18(24-12-17(22-13-24)14-4-5-14)19(10-21-16)23-7-6-15(25)11-23/h9-10,12-15,25H,2-8,11H2,1H3/t15-/m1/s1. The van der Waals surface area contributed by atoms with Gasteiger partial charge in [0.1, 0.15) is 0 Å². The van der Waals surface area contributed by atoms with Crippen LogP contribution in [0, 0.1) is 0 Å². The highest BCUT2D eigenvalue weighted by atomic mass is 16.5. The number of carbonyl (C=O) groups excluding carboxylic acids is 1. The Morgan fingerprint density at radius 1 is 1.30 bits per heavy atom. The van der Waals surface area contributed by atoms with E-state index in [2.05, 4.69) is 21.8 Å². The van der Waals surface area contributed by atoms with Crippen LogP contribution in [0.4, 0.5) is 5.69 Å². The Balaban J connectivity index is 1.65. The third-order valence-electron chi connectivity index (χ3n) is 5.18. The largest absolute Gasteiger partial charge is 0.461 e. The van der Waals surface area contributed by atoms with Gasteiger partial charge in [-0.3, -0.25) is 0 Å². The minimum atomic E-state index is -0.403. The first-order valence-electron chi connectivity index (χ1n) is 9.80. The normalized spacial score (nSPS) is 19.5. The molecule has 4 rings (SSSR count). The molecule has 2 aliphatic rings. The molecule has 2 fully saturated rings. The van der Waals surface area contributed by atoms with Crippen molar-refractivity contribution in [1.29, 1.82) is 0 Å². The number of nitrogens with zero attached hydrogens (tertiary/aromatic N) is 4. The van der Waals surface area contributed by atoms with Crippen LogP contribution in [0.3, 0.4) is 0 Å². The number of carbonyl (C=O) groups is 1. The smallest absolute Gasteiger partial charge is 0.356 e. The summed E-state index contributed by atoms with van der Waals surface area (Å²) < 4.78 is 7.27. The zero-order chi connectivity index (χ0) is 18.8. The van der Waals surface area contributed by atoms with Crippen molar-refractivity contribution in [2.24, 2.45) is 0 Å². The lowest BCUT2D eigenvalue weighted by atomic mass is 10.2. The van der Waals surface area contributed by atoms with Crippen LogP contribution >= 0.6 is 0 Å². The first-order chi connectivity index (χ1) is 13.2. The molecule has 2 aromatic heterocycles. The van der Waals surface area contributed by atoms with E-state index in [9.17, 15) is 9.90 Å². The lowest BCUT2D eigenvalue weighted by Gasteiger charge is -2.21. The summed E-state index contributed by atoms with van der Waals surface area (Å²) in [5.41, 5.74) is 3.13. The number of hydrogen-bond acceptors (Lipinski definition) is 6. The van der Waals surface area contributed by atoms with E-state index >= 15 is 0 Å². The highest BCUT2D eigenvalue weighted by Crippen LogP contribution is 2.39. The van der Waals surface area contributed by atoms with Crippen molar-refractivity contribution in [1.82, 2.24) is 14.5 Å². The second-order valence-electron chi connectivity index (χ2n) is 7.42. The predicted octanol–water partition coefficient (Wildman–Crippen LogP) is 2.67. The van der Waals surface area contributed by atoms with E-state index in [0.717, 1.165) is 42.9 Å². The average molecular weight is 370 g/mol. The van der Waals surface area contributed by atoms with Gasteiger partial charge in [-0.15, -0.1) is 0 Å². The lowest BCUT2D eigenvalue weighted by molar-refractivity contribution is 0.0493. The van der Waals surface area contributed by atoms with E-state index in [1.807, 2.05) is 10.8 Å². The number of esters is 1. The van der Waals surface area contributed by atoms with Crippen molar-refractivity contribution in [3.8, 4) is 5.69 Å². The van der Waals surface area contributed by atoms with E-state index in [1.54, 1.807) is 18.6 Å². The van der Waals surface area contributed by atoms with Crippen molar-refractivity contribution in [2.45, 2.75) is 51.0 Å². The van der Waals surface area contributed by atoms with Gasteiger partial charge in [0.25, 0.3) is 0 Å². The van der Waals surface area contributed by atoms with Crippen molar-refractivity contribution in [3.05, 3.63) is 36.2 Å². The molecule has 0 spiro atoms. The number of pyridine rings is 1. The summed E-state index contributed by atoms with van der Waals surface area (Å²) in [4.78, 5) is 23.3. The predicted molar refractivity (Wildman–Crippen MR) is 101 cm³/mol. The maximum atomic E-state index is 12.3. The number of hydrogen-bond donors (Lipinski definition) is 1. The zero-order valence-corrected chi connectivity index (χ0v) is 15.7. The Morgan fingerprint density at radius 2 is 2.15 bits per heavy atom. The molecule has 0 unspecified atom stereocenters. The van der Waals surface area contributed by atoms with E-state index in [0.29, 0.717) is 24.8 Å². The summed E-state index contributed by atoms with van der Waals surface area (Å²) in [6, 6.07) is 1.77. The number of rotatable bonds is 7. The summed E-state index contributed by atoms with van der Waals surface area (Å²) in [5.74, 6) is 0.156. The Hall–Kier alpha value is -2.41. The van der Waals surface area contributed by atoms with Gasteiger partial charge in [-0.05, 0) is 31.7 Å². The first kappa shape index (κ1) is 18.0. The van der Waals surface area contributed by atoms with E-state index in [4.69, 9.17) is 4.74 Å². The maximum Gasteiger partial charge on any atom is 0.356 e. The van der Waals surface area contributed by atoms with E-state index in [-0.39, 0.29) is 6.10 Å². The molecule has 3 heterocycles. The van der Waals surface area contributed by atoms with Crippen LogP contribution in [-0.2, 0) is 4.74 Å². The molecule has 1 N–H and O–H groups in total. The van der Waals surface area contributed by atoms with Gasteiger partial charge in [-0.25, -0.2) is 14.8 Å². The van der Waals surface area contributed by atoms with Gasteiger partial charge in [-0.1, -0.05) is 13.3 Å². The summed E-state index contributed by atoms with van der Waals surface area (Å²) in [7, 11) is 0. The van der Waals surface area contributed by atoms with Gasteiger partial charge < -0.3 is 19.3 Å². The molecule has 1 saturated heterocycles. The molecular weight excluding hydrogens is 344 g/mol. The molecule has 7 nitrogen and oxygen atoms in total. The second kappa shape index (κ2) is 7.68. The number of imidazole rings is 1. The lowest BCUT2D eigenvalue weighted by Crippen LogP contribution is -2.23. The van der Waals surface area contributed by atoms with E-state index in [1.165, 1.54) is 12.8 Å². The Morgan fingerprint density at radius 3 is 2.85 bits per heavy atom. The maximum absolute atomic E-state index is 12.3. The summed E-state index contributed by atoms with van der Waals surface area (Å²) in [5, 5.41) is 9.92. The van der Waals surface area contributed by atoms with Crippen LogP contribution in [-0.4, -0.2) is 51.4 Å². The number of aliphatic hydroxyl groups excluding tert-OH is 1. The number of aliphatic hydroxyl groups is 1. The quantitative estimate of drug-likeness (QED) is 0.596. The number of aromatic nitrogens is 3. The summed E-state index contributed by atoms with van der Waals surface area (Å²) in [6.45, 7) is 3.79. The fourth-order valence-corrected chi connectivity index (χ4v) is 3.40. The fourth-order valence-electron chi connectivity index (χ4n) is 3.40. The van der Waals surface area contributed by atoms with Gasteiger partial charge in [0.2, 0.25) is 0 Å². The molecule has 1 saturated carbocycles. The third-order valence-corrected chi connectivity index (χ3v) is 5.18. The second-order valence-corrected chi connectivity index (χ2v) is 7.42. The highest BCUT2D eigenvalue weighted by Gasteiger charge is 2.28. The van der Waals surface area contributed by atoms with Crippen molar-refractivity contribution >= 4 is 11.7 Å². The number of ether oxygens (including phenoxy) is 1. The van der Waals surface area contributed by atoms with Gasteiger partial charge in [0, 0.05) is 25.2 Å². The molecule has 7 heteroatoms. The highest BCUT2D eigenvalue weighted by molar-refractivity contribution is 5.89. The van der Waals surface area contributed by atoms with Crippen LogP contribution in [0.25, 0.3) is 5.69 Å². The Labute approximate surface area is 159 Å². The number of β-amino-alcohol motifs (C(OH)–C–C–N with tert-alkyl or cyclic N) is 1. The molecule has 0 bridgehead atoms. The number of unbranched alkanes of at least 4 members (excludes halogenated alkanes) is 1. The van der Waals surface area contributed by atoms with Crippen LogP contribution in [0.1, 0.15) is 61.1 Å². The molecule has 0 radical (unpaired) electrons. The molecule has 1 atom stereocenters. The molecule has 2 aromatic rings. The van der Waals surface area contributed by atoms with Gasteiger partial charge in [-0.2, -0.15) is 0 Å². The van der Waals surface area contributed by atoms with Gasteiger partial charge in [0.15, 0.2) is 5.69 Å². The molecular formula is C20H26N4O3. The number of anilines is 1. The van der Waals surface area contributed by atoms with Gasteiger partial charge in [0.05, 0.1) is 42.3 Å². The molecule has 1 aliphatic carbocycles. The Kier molecular flexibility index (Phi) is 5.11. The molecule has 1 aliphatic heterocycles. The minimum Gasteiger partial charge on any atom is -0.461 e. The fraction of sp³-hybridized carbons (Fsp3) is 0.550. The monoisotopic (exact) mass is 370 g/mol. The molecule has 27 heavy (non-hydrogen) atoms. The average Bonchev–Trinajstić information content (AvgIpc) is 3.24. The van der Waals surface area contributed by atoms with Crippen molar-refractivity contribution < 1.29 is 14.6 Å². The van der Waals surface area contributed by atoms with Gasteiger partial charge >= 0.3 is 5.97 Å². The van der Waals surface area contributed by atoms with Crippen molar-refractivity contribution in [3.63, 3.8) is 0 Å². The SMILES string of the molecule is CCCCOC(=O)c1cc(-n2cnc(C3CC3)c2)c(N2CC[C@@H](O)C2)cn1. The third kappa shape index (κ3) is 3.98. The first-order valence-corrected chi connectivity index (χ1v) is 9.80. The topological polar surface area (TPSA) is 80.5 Å². The van der Waals surface area contributed by atoms with Crippen LogP contribution < -0.4 is 4.90 Å². The molecule has 144 valence electrons. The molecule has 0 aromatic carbocycles. The van der Waals surface area contributed by atoms with Crippen LogP contribution in [0.15, 0.2) is 24.8 Å². The van der Waals surface area contributed by atoms with E-state index < -0.39 is 5.97 Å². The summed E-state index contributed by atoms with van der Waals surface area (Å²) >= 11 is 0. The van der Waals surface area contributed by atoms with Crippen LogP contribution in [0.5, 0.6) is 0 Å². The summed E-state index contributed by atoms with van der Waals surface area (Å²) in [6.07, 6.45) is 10.1. The van der Waals surface area contributed by atoms with Crippen LogP contribution in [0.2, 0.25) is 0 Å². The Bertz CT molecular complexity index is 815. The zero-order valence-electron chi connectivity index (χ0n) is 15.7. The van der Waals surface area contributed by atoms with Crippen molar-refractivity contribution in [2.75, 3.05) is 24.6 Å².